The molecular formula is C17H21ClN4O3S. The Labute approximate surface area is 158 Å². The highest BCUT2D eigenvalue weighted by Gasteiger charge is 2.14. The van der Waals surface area contributed by atoms with Gasteiger partial charge in [0.2, 0.25) is 0 Å². The smallest absolute Gasteiger partial charge is 0.263 e. The van der Waals surface area contributed by atoms with E-state index < -0.39 is 10.0 Å². The summed E-state index contributed by atoms with van der Waals surface area (Å²) in [6.45, 7) is 5.18. The van der Waals surface area contributed by atoms with E-state index in [1.165, 1.54) is 24.3 Å². The van der Waals surface area contributed by atoms with Crippen LogP contribution in [0.15, 0.2) is 47.5 Å². The summed E-state index contributed by atoms with van der Waals surface area (Å²) in [6, 6.07) is 9.39. The van der Waals surface area contributed by atoms with Crippen molar-refractivity contribution in [3.05, 3.63) is 47.6 Å². The zero-order valence-electron chi connectivity index (χ0n) is 14.2. The zero-order valence-corrected chi connectivity index (χ0v) is 15.8. The normalized spacial score (nSPS) is 15.6. The number of rotatable bonds is 7. The molecule has 1 aromatic carbocycles. The minimum absolute atomic E-state index is 0.136. The minimum atomic E-state index is -3.68. The Bertz CT molecular complexity index is 807. The monoisotopic (exact) mass is 396 g/mol. The number of aromatic nitrogens is 1. The van der Waals surface area contributed by atoms with Gasteiger partial charge in [0.15, 0.2) is 0 Å². The highest BCUT2D eigenvalue weighted by atomic mass is 35.5. The largest absolute Gasteiger partial charge is 0.383 e. The molecule has 1 fully saturated rings. The zero-order chi connectivity index (χ0) is 18.4. The molecule has 1 aliphatic heterocycles. The highest BCUT2D eigenvalue weighted by molar-refractivity contribution is 7.92. The van der Waals surface area contributed by atoms with Crippen LogP contribution in [-0.4, -0.2) is 57.7 Å². The number of pyridine rings is 1. The van der Waals surface area contributed by atoms with Crippen molar-refractivity contribution in [1.82, 2.24) is 9.88 Å². The molecule has 3 rings (SSSR count). The van der Waals surface area contributed by atoms with Gasteiger partial charge in [-0.25, -0.2) is 13.4 Å². The van der Waals surface area contributed by atoms with E-state index >= 15 is 0 Å². The summed E-state index contributed by atoms with van der Waals surface area (Å²) in [5.41, 5.74) is 0.840. The van der Waals surface area contributed by atoms with Crippen molar-refractivity contribution >= 4 is 33.1 Å². The third kappa shape index (κ3) is 5.31. The van der Waals surface area contributed by atoms with Crippen LogP contribution >= 0.6 is 11.6 Å². The summed E-state index contributed by atoms with van der Waals surface area (Å²) < 4.78 is 32.4. The lowest BCUT2D eigenvalue weighted by atomic mass is 10.3. The van der Waals surface area contributed by atoms with E-state index in [4.69, 9.17) is 16.3 Å². The number of morpholine rings is 1. The van der Waals surface area contributed by atoms with Crippen molar-refractivity contribution in [2.45, 2.75) is 4.90 Å². The topological polar surface area (TPSA) is 83.6 Å². The van der Waals surface area contributed by atoms with Crippen molar-refractivity contribution in [2.24, 2.45) is 0 Å². The SMILES string of the molecule is O=S(=O)(Nc1ccc(NCCN2CCOCC2)cn1)c1ccc(Cl)cc1. The lowest BCUT2D eigenvalue weighted by Gasteiger charge is -2.26. The van der Waals surface area contributed by atoms with Crippen LogP contribution in [0.1, 0.15) is 0 Å². The predicted molar refractivity (Wildman–Crippen MR) is 102 cm³/mol. The molecule has 0 spiro atoms. The number of halogens is 1. The Balaban J connectivity index is 1.53. The molecule has 0 unspecified atom stereocenters. The van der Waals surface area contributed by atoms with E-state index in [0.29, 0.717) is 5.02 Å². The van der Waals surface area contributed by atoms with Gasteiger partial charge in [0.25, 0.3) is 10.0 Å². The molecule has 0 atom stereocenters. The van der Waals surface area contributed by atoms with Gasteiger partial charge in [-0.05, 0) is 36.4 Å². The predicted octanol–water partition coefficient (Wildman–Crippen LogP) is 2.28. The molecule has 26 heavy (non-hydrogen) atoms. The van der Waals surface area contributed by atoms with Gasteiger partial charge in [-0.15, -0.1) is 0 Å². The van der Waals surface area contributed by atoms with Crippen LogP contribution in [0.5, 0.6) is 0 Å². The Morgan fingerprint density at radius 2 is 1.85 bits per heavy atom. The second kappa shape index (κ2) is 8.68. The van der Waals surface area contributed by atoms with Crippen LogP contribution in [-0.2, 0) is 14.8 Å². The van der Waals surface area contributed by atoms with Crippen LogP contribution < -0.4 is 10.0 Å². The number of anilines is 2. The summed E-state index contributed by atoms with van der Waals surface area (Å²) in [5.74, 6) is 0.263. The molecule has 7 nitrogen and oxygen atoms in total. The summed E-state index contributed by atoms with van der Waals surface area (Å²) in [7, 11) is -3.68. The number of hydrogen-bond donors (Lipinski definition) is 2. The fourth-order valence-electron chi connectivity index (χ4n) is 2.55. The first-order chi connectivity index (χ1) is 12.5. The van der Waals surface area contributed by atoms with Gasteiger partial charge in [-0.1, -0.05) is 11.6 Å². The Kier molecular flexibility index (Phi) is 6.31. The quantitative estimate of drug-likeness (QED) is 0.747. The number of nitrogens with one attached hydrogen (secondary N) is 2. The highest BCUT2D eigenvalue weighted by Crippen LogP contribution is 2.18. The van der Waals surface area contributed by atoms with Crippen LogP contribution in [0.4, 0.5) is 11.5 Å². The van der Waals surface area contributed by atoms with Gasteiger partial charge >= 0.3 is 0 Å². The molecule has 2 aromatic rings. The average Bonchev–Trinajstić information content (AvgIpc) is 2.64. The van der Waals surface area contributed by atoms with Crippen LogP contribution in [0.25, 0.3) is 0 Å². The molecule has 140 valence electrons. The van der Waals surface area contributed by atoms with E-state index in [2.05, 4.69) is 19.9 Å². The second-order valence-electron chi connectivity index (χ2n) is 5.87. The van der Waals surface area contributed by atoms with Gasteiger partial charge < -0.3 is 10.1 Å². The van der Waals surface area contributed by atoms with E-state index in [1.807, 2.05) is 0 Å². The lowest BCUT2D eigenvalue weighted by molar-refractivity contribution is 0.0398. The van der Waals surface area contributed by atoms with E-state index in [-0.39, 0.29) is 10.7 Å². The number of sulfonamides is 1. The first-order valence-electron chi connectivity index (χ1n) is 8.31. The Morgan fingerprint density at radius 1 is 1.12 bits per heavy atom. The molecule has 0 bridgehead atoms. The maximum absolute atomic E-state index is 12.3. The summed E-state index contributed by atoms with van der Waals surface area (Å²) in [4.78, 5) is 6.63. The fraction of sp³-hybridized carbons (Fsp3) is 0.353. The second-order valence-corrected chi connectivity index (χ2v) is 7.99. The summed E-state index contributed by atoms with van der Waals surface area (Å²) in [6.07, 6.45) is 1.61. The molecule has 1 aliphatic rings. The molecule has 1 aromatic heterocycles. The average molecular weight is 397 g/mol. The standard InChI is InChI=1S/C17H21ClN4O3S/c18-14-1-4-16(5-2-14)26(23,24)21-17-6-3-15(13-20-17)19-7-8-22-9-11-25-12-10-22/h1-6,13,19H,7-12H2,(H,20,21). The molecular weight excluding hydrogens is 376 g/mol. The third-order valence-electron chi connectivity index (χ3n) is 3.99. The molecule has 0 aliphatic carbocycles. The molecule has 2 heterocycles. The molecule has 0 amide bonds. The Morgan fingerprint density at radius 3 is 2.50 bits per heavy atom. The first-order valence-corrected chi connectivity index (χ1v) is 10.2. The molecule has 0 saturated carbocycles. The minimum Gasteiger partial charge on any atom is -0.383 e. The lowest BCUT2D eigenvalue weighted by Crippen LogP contribution is -2.39. The van der Waals surface area contributed by atoms with E-state index in [1.54, 1.807) is 18.3 Å². The van der Waals surface area contributed by atoms with Crippen molar-refractivity contribution in [1.29, 1.82) is 0 Å². The van der Waals surface area contributed by atoms with Gasteiger partial charge in [0.1, 0.15) is 5.82 Å². The maximum atomic E-state index is 12.3. The van der Waals surface area contributed by atoms with E-state index in [9.17, 15) is 8.42 Å². The maximum Gasteiger partial charge on any atom is 0.263 e. The molecule has 1 saturated heterocycles. The van der Waals surface area contributed by atoms with Gasteiger partial charge in [0, 0.05) is 31.2 Å². The number of ether oxygens (including phenoxy) is 1. The molecule has 2 N–H and O–H groups in total. The first kappa shape index (κ1) is 18.9. The fourth-order valence-corrected chi connectivity index (χ4v) is 3.69. The van der Waals surface area contributed by atoms with Crippen molar-refractivity contribution < 1.29 is 13.2 Å². The van der Waals surface area contributed by atoms with Crippen LogP contribution in [0.2, 0.25) is 5.02 Å². The van der Waals surface area contributed by atoms with Crippen molar-refractivity contribution in [3.8, 4) is 0 Å². The third-order valence-corrected chi connectivity index (χ3v) is 5.61. The van der Waals surface area contributed by atoms with Crippen molar-refractivity contribution in [2.75, 3.05) is 49.4 Å². The van der Waals surface area contributed by atoms with Crippen LogP contribution in [0, 0.1) is 0 Å². The number of hydrogen-bond acceptors (Lipinski definition) is 6. The van der Waals surface area contributed by atoms with Crippen LogP contribution in [0.3, 0.4) is 0 Å². The van der Waals surface area contributed by atoms with Gasteiger partial charge in [0.05, 0.1) is 30.0 Å². The number of benzene rings is 1. The van der Waals surface area contributed by atoms with Gasteiger partial charge in [-0.3, -0.25) is 9.62 Å². The molecule has 9 heteroatoms. The van der Waals surface area contributed by atoms with Gasteiger partial charge in [-0.2, -0.15) is 0 Å². The Hall–Kier alpha value is -1.87. The number of nitrogens with zero attached hydrogens (tertiary/aromatic N) is 2. The van der Waals surface area contributed by atoms with Crippen molar-refractivity contribution in [3.63, 3.8) is 0 Å². The summed E-state index contributed by atoms with van der Waals surface area (Å²) in [5, 5.41) is 3.76. The van der Waals surface area contributed by atoms with E-state index in [0.717, 1.165) is 45.1 Å². The molecule has 0 radical (unpaired) electrons. The summed E-state index contributed by atoms with van der Waals surface area (Å²) >= 11 is 5.79.